The lowest BCUT2D eigenvalue weighted by molar-refractivity contribution is -0.135. The number of amides is 1. The van der Waals surface area contributed by atoms with Gasteiger partial charge in [-0.2, -0.15) is 0 Å². The normalized spacial score (nSPS) is 18.4. The Hall–Kier alpha value is -2.17. The van der Waals surface area contributed by atoms with Crippen molar-refractivity contribution >= 4 is 22.6 Å². The van der Waals surface area contributed by atoms with Crippen LogP contribution in [0.3, 0.4) is 0 Å². The number of nitrogens with zero attached hydrogens (tertiary/aromatic N) is 3. The summed E-state index contributed by atoms with van der Waals surface area (Å²) in [4.78, 5) is 23.3. The van der Waals surface area contributed by atoms with Crippen LogP contribution in [0, 0.1) is 12.8 Å². The van der Waals surface area contributed by atoms with Gasteiger partial charge in [0.05, 0.1) is 5.52 Å². The fourth-order valence-corrected chi connectivity index (χ4v) is 3.16. The van der Waals surface area contributed by atoms with Gasteiger partial charge in [0.2, 0.25) is 5.91 Å². The molecule has 3 rings (SSSR count). The maximum absolute atomic E-state index is 12.2. The van der Waals surface area contributed by atoms with Gasteiger partial charge in [-0.05, 0) is 31.9 Å². The average molecular weight is 312 g/mol. The largest absolute Gasteiger partial charge is 0.365 e. The molecular weight excluding hydrogens is 288 g/mol. The molecule has 0 unspecified atom stereocenters. The van der Waals surface area contributed by atoms with E-state index in [1.54, 1.807) is 0 Å². The molecule has 122 valence electrons. The van der Waals surface area contributed by atoms with E-state index in [2.05, 4.69) is 15.3 Å². The van der Waals surface area contributed by atoms with Gasteiger partial charge in [-0.25, -0.2) is 9.97 Å². The lowest BCUT2D eigenvalue weighted by Crippen LogP contribution is -2.46. The third kappa shape index (κ3) is 3.44. The van der Waals surface area contributed by atoms with Crippen LogP contribution in [-0.4, -0.2) is 39.9 Å². The minimum Gasteiger partial charge on any atom is -0.365 e. The highest BCUT2D eigenvalue weighted by atomic mass is 16.2. The van der Waals surface area contributed by atoms with E-state index in [1.807, 2.05) is 49.9 Å². The summed E-state index contributed by atoms with van der Waals surface area (Å²) in [6.07, 6.45) is 2.08. The molecular formula is C18H24N4O. The Labute approximate surface area is 137 Å². The van der Waals surface area contributed by atoms with Crippen molar-refractivity contribution in [2.75, 3.05) is 18.4 Å². The van der Waals surface area contributed by atoms with Crippen LogP contribution in [0.15, 0.2) is 24.3 Å². The summed E-state index contributed by atoms with van der Waals surface area (Å²) >= 11 is 0. The number of rotatable bonds is 3. The van der Waals surface area contributed by atoms with Crippen molar-refractivity contribution in [2.24, 2.45) is 5.92 Å². The van der Waals surface area contributed by atoms with Gasteiger partial charge in [-0.1, -0.05) is 26.0 Å². The van der Waals surface area contributed by atoms with E-state index in [0.29, 0.717) is 0 Å². The van der Waals surface area contributed by atoms with Crippen molar-refractivity contribution in [3.8, 4) is 0 Å². The van der Waals surface area contributed by atoms with Crippen molar-refractivity contribution in [3.63, 3.8) is 0 Å². The number of nitrogens with one attached hydrogen (secondary N) is 1. The Kier molecular flexibility index (Phi) is 4.46. The number of piperidine rings is 1. The summed E-state index contributed by atoms with van der Waals surface area (Å²) in [7, 11) is 0. The summed E-state index contributed by atoms with van der Waals surface area (Å²) in [6.45, 7) is 7.43. The first-order chi connectivity index (χ1) is 11.0. The summed E-state index contributed by atoms with van der Waals surface area (Å²) < 4.78 is 0. The van der Waals surface area contributed by atoms with Gasteiger partial charge < -0.3 is 10.2 Å². The number of carbonyl (C=O) groups excluding carboxylic acids is 1. The van der Waals surface area contributed by atoms with Gasteiger partial charge in [0.1, 0.15) is 11.6 Å². The predicted octanol–water partition coefficient (Wildman–Crippen LogP) is 3.00. The monoisotopic (exact) mass is 312 g/mol. The van der Waals surface area contributed by atoms with E-state index >= 15 is 0 Å². The van der Waals surface area contributed by atoms with E-state index in [4.69, 9.17) is 0 Å². The number of fused-ring (bicyclic) bond motifs is 1. The number of hydrogen-bond acceptors (Lipinski definition) is 4. The number of anilines is 1. The highest BCUT2D eigenvalue weighted by Crippen LogP contribution is 2.23. The number of aromatic nitrogens is 2. The first-order valence-electron chi connectivity index (χ1n) is 8.33. The maximum Gasteiger partial charge on any atom is 0.225 e. The molecule has 2 heterocycles. The second-order valence-electron chi connectivity index (χ2n) is 6.56. The molecule has 0 saturated carbocycles. The molecule has 1 atom stereocenters. The second kappa shape index (κ2) is 6.52. The minimum absolute atomic E-state index is 0.0517. The number of hydrogen-bond donors (Lipinski definition) is 1. The van der Waals surface area contributed by atoms with Crippen LogP contribution in [0.2, 0.25) is 0 Å². The van der Waals surface area contributed by atoms with E-state index in [0.717, 1.165) is 48.5 Å². The molecule has 0 radical (unpaired) electrons. The summed E-state index contributed by atoms with van der Waals surface area (Å²) in [6, 6.07) is 8.27. The van der Waals surface area contributed by atoms with Crippen molar-refractivity contribution in [1.82, 2.24) is 14.9 Å². The molecule has 1 fully saturated rings. The number of aryl methyl sites for hydroxylation is 1. The quantitative estimate of drug-likeness (QED) is 0.946. The van der Waals surface area contributed by atoms with Gasteiger partial charge in [0.25, 0.3) is 0 Å². The number of carbonyl (C=O) groups is 1. The molecule has 5 nitrogen and oxygen atoms in total. The zero-order chi connectivity index (χ0) is 16.4. The topological polar surface area (TPSA) is 58.1 Å². The molecule has 1 aromatic heterocycles. The maximum atomic E-state index is 12.2. The van der Waals surface area contributed by atoms with Gasteiger partial charge in [0, 0.05) is 30.4 Å². The zero-order valence-corrected chi connectivity index (χ0v) is 14.0. The molecule has 0 aliphatic carbocycles. The average Bonchev–Trinajstić information content (AvgIpc) is 2.54. The number of benzene rings is 1. The fraction of sp³-hybridized carbons (Fsp3) is 0.500. The summed E-state index contributed by atoms with van der Waals surface area (Å²) in [5, 5.41) is 4.58. The van der Waals surface area contributed by atoms with Crippen LogP contribution in [-0.2, 0) is 4.79 Å². The standard InChI is InChI=1S/C18H24N4O/c1-12(2)18(23)22-10-6-7-14(11-22)21-17-15-8-4-5-9-16(15)19-13(3)20-17/h4-5,8-9,12,14H,6-7,10-11H2,1-3H3,(H,19,20,21)/t14-/m0/s1. The Morgan fingerprint density at radius 3 is 2.87 bits per heavy atom. The third-order valence-electron chi connectivity index (χ3n) is 4.28. The van der Waals surface area contributed by atoms with Crippen molar-refractivity contribution in [2.45, 2.75) is 39.7 Å². The Balaban J connectivity index is 1.80. The molecule has 1 saturated heterocycles. The smallest absolute Gasteiger partial charge is 0.225 e. The minimum atomic E-state index is 0.0517. The Morgan fingerprint density at radius 2 is 2.09 bits per heavy atom. The predicted molar refractivity (Wildman–Crippen MR) is 92.3 cm³/mol. The molecule has 0 bridgehead atoms. The lowest BCUT2D eigenvalue weighted by Gasteiger charge is -2.34. The molecule has 23 heavy (non-hydrogen) atoms. The van der Waals surface area contributed by atoms with Crippen molar-refractivity contribution < 1.29 is 4.79 Å². The molecule has 5 heteroatoms. The SMILES string of the molecule is Cc1nc(N[C@H]2CCCN(C(=O)C(C)C)C2)c2ccccc2n1. The van der Waals surface area contributed by atoms with Gasteiger partial charge in [-0.15, -0.1) is 0 Å². The summed E-state index contributed by atoms with van der Waals surface area (Å²) in [5.41, 5.74) is 0.952. The van der Waals surface area contributed by atoms with E-state index in [-0.39, 0.29) is 17.9 Å². The van der Waals surface area contributed by atoms with E-state index in [9.17, 15) is 4.79 Å². The van der Waals surface area contributed by atoms with Crippen molar-refractivity contribution in [1.29, 1.82) is 0 Å². The summed E-state index contributed by atoms with van der Waals surface area (Å²) in [5.74, 6) is 1.92. The highest BCUT2D eigenvalue weighted by molar-refractivity contribution is 5.89. The van der Waals surface area contributed by atoms with Gasteiger partial charge in [-0.3, -0.25) is 4.79 Å². The molecule has 1 aliphatic rings. The lowest BCUT2D eigenvalue weighted by atomic mass is 10.0. The van der Waals surface area contributed by atoms with Crippen molar-refractivity contribution in [3.05, 3.63) is 30.1 Å². The molecule has 2 aromatic rings. The first kappa shape index (κ1) is 15.7. The van der Waals surface area contributed by atoms with Gasteiger partial charge in [0.15, 0.2) is 0 Å². The van der Waals surface area contributed by atoms with Crippen LogP contribution in [0.1, 0.15) is 32.5 Å². The highest BCUT2D eigenvalue weighted by Gasteiger charge is 2.25. The van der Waals surface area contributed by atoms with Crippen LogP contribution in [0.25, 0.3) is 10.9 Å². The molecule has 1 N–H and O–H groups in total. The van der Waals surface area contributed by atoms with Crippen LogP contribution >= 0.6 is 0 Å². The molecule has 1 aliphatic heterocycles. The number of para-hydroxylation sites is 1. The Bertz CT molecular complexity index is 713. The second-order valence-corrected chi connectivity index (χ2v) is 6.56. The Morgan fingerprint density at radius 1 is 1.30 bits per heavy atom. The molecule has 0 spiro atoms. The van der Waals surface area contributed by atoms with Crippen LogP contribution in [0.5, 0.6) is 0 Å². The third-order valence-corrected chi connectivity index (χ3v) is 4.28. The van der Waals surface area contributed by atoms with E-state index < -0.39 is 0 Å². The van der Waals surface area contributed by atoms with Gasteiger partial charge >= 0.3 is 0 Å². The van der Waals surface area contributed by atoms with Crippen LogP contribution < -0.4 is 5.32 Å². The van der Waals surface area contributed by atoms with Crippen LogP contribution in [0.4, 0.5) is 5.82 Å². The molecule has 1 amide bonds. The molecule has 1 aromatic carbocycles. The number of likely N-dealkylation sites (tertiary alicyclic amines) is 1. The zero-order valence-electron chi connectivity index (χ0n) is 14.0. The van der Waals surface area contributed by atoms with E-state index in [1.165, 1.54) is 0 Å². The first-order valence-corrected chi connectivity index (χ1v) is 8.33. The fourth-order valence-electron chi connectivity index (χ4n) is 3.16.